The van der Waals surface area contributed by atoms with E-state index < -0.39 is 5.60 Å². The van der Waals surface area contributed by atoms with E-state index >= 15 is 0 Å². The molecule has 8 heteroatoms. The summed E-state index contributed by atoms with van der Waals surface area (Å²) in [5.74, 6) is 0.623. The fourth-order valence-electron chi connectivity index (χ4n) is 4.54. The van der Waals surface area contributed by atoms with Crippen LogP contribution in [0.15, 0.2) is 54.6 Å². The summed E-state index contributed by atoms with van der Waals surface area (Å²) in [5, 5.41) is 0. The molecule has 0 spiro atoms. The third-order valence-corrected chi connectivity index (χ3v) is 6.41. The van der Waals surface area contributed by atoms with Gasteiger partial charge in [0.1, 0.15) is 29.5 Å². The van der Waals surface area contributed by atoms with E-state index in [9.17, 15) is 14.0 Å². The van der Waals surface area contributed by atoms with Crippen LogP contribution in [-0.4, -0.2) is 73.2 Å². The number of likely N-dealkylation sites (tertiary alicyclic amines) is 1. The summed E-state index contributed by atoms with van der Waals surface area (Å²) < 4.78 is 31.1. The van der Waals surface area contributed by atoms with E-state index in [1.807, 2.05) is 35.2 Å². The highest BCUT2D eigenvalue weighted by Gasteiger charge is 2.42. The first-order valence-electron chi connectivity index (χ1n) is 12.3. The van der Waals surface area contributed by atoms with Crippen molar-refractivity contribution in [3.05, 3.63) is 60.4 Å². The summed E-state index contributed by atoms with van der Waals surface area (Å²) in [6.45, 7) is 2.84. The summed E-state index contributed by atoms with van der Waals surface area (Å²) in [4.78, 5) is 29.7. The Balaban J connectivity index is 1.39. The van der Waals surface area contributed by atoms with E-state index in [-0.39, 0.29) is 50.2 Å². The zero-order chi connectivity index (χ0) is 24.5. The van der Waals surface area contributed by atoms with Gasteiger partial charge in [0.25, 0.3) is 0 Å². The van der Waals surface area contributed by atoms with E-state index in [0.29, 0.717) is 24.7 Å². The second kappa shape index (κ2) is 12.0. The van der Waals surface area contributed by atoms with Crippen LogP contribution in [0.3, 0.4) is 0 Å². The van der Waals surface area contributed by atoms with Gasteiger partial charge in [0.2, 0.25) is 11.8 Å². The van der Waals surface area contributed by atoms with Crippen molar-refractivity contribution in [3.63, 3.8) is 0 Å². The zero-order valence-electron chi connectivity index (χ0n) is 20.0. The van der Waals surface area contributed by atoms with Gasteiger partial charge in [-0.2, -0.15) is 0 Å². The Morgan fingerprint density at radius 3 is 2.43 bits per heavy atom. The molecule has 35 heavy (non-hydrogen) atoms. The number of piperidine rings is 1. The van der Waals surface area contributed by atoms with Crippen molar-refractivity contribution >= 4 is 11.8 Å². The number of carbonyl (C=O) groups excluding carboxylic acids is 2. The minimum absolute atomic E-state index is 0.0325. The Labute approximate surface area is 205 Å². The maximum atomic E-state index is 13.4. The van der Waals surface area contributed by atoms with Crippen molar-refractivity contribution in [2.75, 3.05) is 46.0 Å². The number of ether oxygens (including phenoxy) is 3. The fourth-order valence-corrected chi connectivity index (χ4v) is 4.54. The Kier molecular flexibility index (Phi) is 8.58. The van der Waals surface area contributed by atoms with Crippen molar-refractivity contribution in [2.24, 2.45) is 0 Å². The van der Waals surface area contributed by atoms with Crippen LogP contribution in [0.5, 0.6) is 11.5 Å². The molecule has 2 amide bonds. The number of para-hydroxylation sites is 1. The van der Waals surface area contributed by atoms with E-state index in [4.69, 9.17) is 14.2 Å². The number of morpholine rings is 1. The molecule has 2 heterocycles. The van der Waals surface area contributed by atoms with Gasteiger partial charge < -0.3 is 24.0 Å². The van der Waals surface area contributed by atoms with Crippen molar-refractivity contribution < 1.29 is 28.2 Å². The second-order valence-corrected chi connectivity index (χ2v) is 9.12. The predicted octanol–water partition coefficient (Wildman–Crippen LogP) is 3.67. The van der Waals surface area contributed by atoms with Crippen molar-refractivity contribution in [1.82, 2.24) is 9.80 Å². The molecule has 2 aliphatic rings. The highest BCUT2D eigenvalue weighted by molar-refractivity contribution is 5.79. The first-order valence-corrected chi connectivity index (χ1v) is 12.3. The average Bonchev–Trinajstić information content (AvgIpc) is 2.89. The van der Waals surface area contributed by atoms with Gasteiger partial charge in [-0.1, -0.05) is 24.3 Å². The van der Waals surface area contributed by atoms with E-state index in [1.165, 1.54) is 12.1 Å². The molecule has 4 rings (SSSR count). The minimum Gasteiger partial charge on any atom is -0.493 e. The molecule has 188 valence electrons. The first kappa shape index (κ1) is 25.0. The van der Waals surface area contributed by atoms with Crippen LogP contribution in [0.1, 0.15) is 32.1 Å². The molecule has 0 N–H and O–H groups in total. The number of hydrogen-bond donors (Lipinski definition) is 0. The van der Waals surface area contributed by atoms with Gasteiger partial charge in [-0.15, -0.1) is 0 Å². The summed E-state index contributed by atoms with van der Waals surface area (Å²) >= 11 is 0. The molecule has 0 saturated carbocycles. The van der Waals surface area contributed by atoms with Gasteiger partial charge in [-0.25, -0.2) is 4.39 Å². The zero-order valence-corrected chi connectivity index (χ0v) is 20.0. The molecule has 2 aliphatic heterocycles. The number of benzene rings is 2. The SMILES string of the molecule is O=C(CC1(COc2ccccc2)CN(C(=O)CCOc2cccc(F)c2)CCO1)N1CCCCC1. The van der Waals surface area contributed by atoms with E-state index in [2.05, 4.69) is 0 Å². The normalized spacial score (nSPS) is 20.4. The fraction of sp³-hybridized carbons (Fsp3) is 0.481. The molecule has 0 bridgehead atoms. The summed E-state index contributed by atoms with van der Waals surface area (Å²) in [6.07, 6.45) is 3.46. The van der Waals surface area contributed by atoms with E-state index in [0.717, 1.165) is 32.4 Å². The van der Waals surface area contributed by atoms with Crippen LogP contribution in [0, 0.1) is 5.82 Å². The molecule has 2 fully saturated rings. The average molecular weight is 485 g/mol. The number of hydrogen-bond acceptors (Lipinski definition) is 5. The lowest BCUT2D eigenvalue weighted by atomic mass is 9.96. The van der Waals surface area contributed by atoms with Gasteiger partial charge in [0, 0.05) is 25.7 Å². The smallest absolute Gasteiger partial charge is 0.226 e. The molecule has 2 saturated heterocycles. The molecule has 2 aromatic rings. The lowest BCUT2D eigenvalue weighted by molar-refractivity contribution is -0.166. The summed E-state index contributed by atoms with van der Waals surface area (Å²) in [6, 6.07) is 15.2. The second-order valence-electron chi connectivity index (χ2n) is 9.12. The maximum Gasteiger partial charge on any atom is 0.226 e. The Hall–Kier alpha value is -3.13. The van der Waals surface area contributed by atoms with Crippen LogP contribution in [0.25, 0.3) is 0 Å². The Morgan fingerprint density at radius 1 is 0.886 bits per heavy atom. The van der Waals surface area contributed by atoms with Crippen LogP contribution < -0.4 is 9.47 Å². The molecular weight excluding hydrogens is 451 g/mol. The Bertz CT molecular complexity index is 983. The lowest BCUT2D eigenvalue weighted by Crippen LogP contribution is -2.58. The van der Waals surface area contributed by atoms with Crippen molar-refractivity contribution in [1.29, 1.82) is 0 Å². The Morgan fingerprint density at radius 2 is 1.66 bits per heavy atom. The third kappa shape index (κ3) is 7.18. The van der Waals surface area contributed by atoms with Crippen LogP contribution in [0.4, 0.5) is 4.39 Å². The largest absolute Gasteiger partial charge is 0.493 e. The van der Waals surface area contributed by atoms with Gasteiger partial charge in [0.05, 0.1) is 32.6 Å². The first-order chi connectivity index (χ1) is 17.0. The molecule has 1 unspecified atom stereocenters. The van der Waals surface area contributed by atoms with Gasteiger partial charge in [-0.3, -0.25) is 9.59 Å². The highest BCUT2D eigenvalue weighted by atomic mass is 19.1. The highest BCUT2D eigenvalue weighted by Crippen LogP contribution is 2.27. The standard InChI is InChI=1S/C27H33FN2O5/c28-22-8-7-11-24(18-22)33-16-12-25(31)30-15-17-35-27(20-30,21-34-23-9-3-1-4-10-23)19-26(32)29-13-5-2-6-14-29/h1,3-4,7-11,18H,2,5-6,12-17,19-21H2. The number of halogens is 1. The van der Waals surface area contributed by atoms with Crippen LogP contribution in [-0.2, 0) is 14.3 Å². The molecule has 0 radical (unpaired) electrons. The van der Waals surface area contributed by atoms with E-state index in [1.54, 1.807) is 17.0 Å². The van der Waals surface area contributed by atoms with Crippen LogP contribution >= 0.6 is 0 Å². The molecule has 7 nitrogen and oxygen atoms in total. The monoisotopic (exact) mass is 484 g/mol. The third-order valence-electron chi connectivity index (χ3n) is 6.41. The van der Waals surface area contributed by atoms with Gasteiger partial charge in [-0.05, 0) is 43.5 Å². The maximum absolute atomic E-state index is 13.4. The van der Waals surface area contributed by atoms with Gasteiger partial charge in [0.15, 0.2) is 0 Å². The number of carbonyl (C=O) groups is 2. The molecule has 0 aromatic heterocycles. The quantitative estimate of drug-likeness (QED) is 0.543. The molecular formula is C27H33FN2O5. The lowest BCUT2D eigenvalue weighted by Gasteiger charge is -2.43. The minimum atomic E-state index is -0.929. The predicted molar refractivity (Wildman–Crippen MR) is 129 cm³/mol. The molecule has 1 atom stereocenters. The number of nitrogens with zero attached hydrogens (tertiary/aromatic N) is 2. The topological polar surface area (TPSA) is 68.3 Å². The molecule has 0 aliphatic carbocycles. The van der Waals surface area contributed by atoms with Crippen LogP contribution in [0.2, 0.25) is 0 Å². The number of amides is 2. The molecule has 2 aromatic carbocycles. The van der Waals surface area contributed by atoms with Gasteiger partial charge >= 0.3 is 0 Å². The van der Waals surface area contributed by atoms with Crippen molar-refractivity contribution in [2.45, 2.75) is 37.7 Å². The van der Waals surface area contributed by atoms with Crippen molar-refractivity contribution in [3.8, 4) is 11.5 Å². The summed E-state index contributed by atoms with van der Waals surface area (Å²) in [5.41, 5.74) is -0.929. The summed E-state index contributed by atoms with van der Waals surface area (Å²) in [7, 11) is 0. The number of rotatable bonds is 9.